The zero-order valence-corrected chi connectivity index (χ0v) is 31.0. The average Bonchev–Trinajstić information content (AvgIpc) is 3.11. The number of aliphatic hydroxyl groups is 1. The van der Waals surface area contributed by atoms with E-state index in [-0.39, 0.29) is 36.6 Å². The zero-order chi connectivity index (χ0) is 39.7. The van der Waals surface area contributed by atoms with Gasteiger partial charge < -0.3 is 60.3 Å². The number of carbonyl (C=O) groups excluding carboxylic acids is 2. The number of hydrogen-bond donors (Lipinski definition) is 6. The average molecular weight is 749 g/mol. The molecule has 6 atom stereocenters. The number of allylic oxidation sites excluding steroid dienone is 1. The SMILES string of the molecule is C1=COCCC1.CC1OCCCC1C(=O)O.CC1OCCCC1C(=O)OC(C)(C)C.NC(CO)C(=O)O.NC(COC(=O)C1=COCCC1)C(=O)O. The van der Waals surface area contributed by atoms with Gasteiger partial charge in [-0.3, -0.25) is 19.2 Å². The van der Waals surface area contributed by atoms with Crippen LogP contribution in [0.1, 0.15) is 86.0 Å². The van der Waals surface area contributed by atoms with E-state index < -0.39 is 48.2 Å². The first kappa shape index (κ1) is 48.2. The number of carboxylic acid groups (broad SMARTS) is 3. The van der Waals surface area contributed by atoms with Gasteiger partial charge in [0.15, 0.2) is 0 Å². The van der Waals surface area contributed by atoms with Crippen LogP contribution in [-0.4, -0.2) is 120 Å². The number of ether oxygens (including phenoxy) is 6. The number of esters is 2. The van der Waals surface area contributed by atoms with Crippen molar-refractivity contribution in [3.05, 3.63) is 24.2 Å². The summed E-state index contributed by atoms with van der Waals surface area (Å²) in [6.45, 7) is 11.6. The fourth-order valence-corrected chi connectivity index (χ4v) is 4.47. The van der Waals surface area contributed by atoms with Gasteiger partial charge in [-0.25, -0.2) is 4.79 Å². The van der Waals surface area contributed by atoms with Crippen molar-refractivity contribution in [3.63, 3.8) is 0 Å². The predicted octanol–water partition coefficient (Wildman–Crippen LogP) is 2.37. The lowest BCUT2D eigenvalue weighted by Crippen LogP contribution is -2.37. The largest absolute Gasteiger partial charge is 0.502 e. The van der Waals surface area contributed by atoms with Gasteiger partial charge in [-0.05, 0) is 92.1 Å². The molecule has 2 fully saturated rings. The molecule has 17 nitrogen and oxygen atoms in total. The number of nitrogens with two attached hydrogens (primary N) is 2. The Kier molecular flexibility index (Phi) is 25.0. The molecule has 6 unspecified atom stereocenters. The van der Waals surface area contributed by atoms with Crippen molar-refractivity contribution < 1.29 is 72.8 Å². The molecule has 4 aliphatic rings. The third-order valence-corrected chi connectivity index (χ3v) is 7.49. The van der Waals surface area contributed by atoms with E-state index in [9.17, 15) is 24.0 Å². The van der Waals surface area contributed by atoms with Crippen LogP contribution in [0.5, 0.6) is 0 Å². The summed E-state index contributed by atoms with van der Waals surface area (Å²) in [6, 6.07) is -2.31. The lowest BCUT2D eigenvalue weighted by atomic mass is 9.95. The van der Waals surface area contributed by atoms with Crippen molar-refractivity contribution in [1.29, 1.82) is 0 Å². The fourth-order valence-electron chi connectivity index (χ4n) is 4.47. The number of aliphatic hydroxyl groups excluding tert-OH is 1. The predicted molar refractivity (Wildman–Crippen MR) is 187 cm³/mol. The van der Waals surface area contributed by atoms with Crippen LogP contribution in [0.4, 0.5) is 0 Å². The molecule has 4 rings (SSSR count). The topological polar surface area (TPSA) is 274 Å². The Morgan fingerprint density at radius 3 is 1.71 bits per heavy atom. The smallest absolute Gasteiger partial charge is 0.337 e. The number of carboxylic acids is 3. The molecule has 52 heavy (non-hydrogen) atoms. The van der Waals surface area contributed by atoms with E-state index in [0.717, 1.165) is 45.3 Å². The Morgan fingerprint density at radius 1 is 0.827 bits per heavy atom. The summed E-state index contributed by atoms with van der Waals surface area (Å²) in [5, 5.41) is 33.0. The first-order valence-corrected chi connectivity index (χ1v) is 17.4. The fraction of sp³-hybridized carbons (Fsp3) is 0.743. The first-order chi connectivity index (χ1) is 24.4. The van der Waals surface area contributed by atoms with Gasteiger partial charge in [-0.2, -0.15) is 0 Å². The maximum Gasteiger partial charge on any atom is 0.337 e. The summed E-state index contributed by atoms with van der Waals surface area (Å²) < 4.78 is 30.5. The van der Waals surface area contributed by atoms with Gasteiger partial charge in [0.25, 0.3) is 0 Å². The second kappa shape index (κ2) is 26.9. The van der Waals surface area contributed by atoms with Gasteiger partial charge in [0, 0.05) is 13.2 Å². The molecule has 300 valence electrons. The summed E-state index contributed by atoms with van der Waals surface area (Å²) in [7, 11) is 0. The Bertz CT molecular complexity index is 1130. The third-order valence-electron chi connectivity index (χ3n) is 7.49. The van der Waals surface area contributed by atoms with Crippen LogP contribution < -0.4 is 11.5 Å². The normalized spacial score (nSPS) is 23.3. The molecule has 8 N–H and O–H groups in total. The number of aliphatic carboxylic acids is 3. The van der Waals surface area contributed by atoms with Gasteiger partial charge in [0.05, 0.1) is 62.0 Å². The highest BCUT2D eigenvalue weighted by Crippen LogP contribution is 2.24. The summed E-state index contributed by atoms with van der Waals surface area (Å²) >= 11 is 0. The van der Waals surface area contributed by atoms with Crippen LogP contribution in [-0.2, 0) is 52.4 Å². The Hall–Kier alpha value is -3.77. The second-order valence-electron chi connectivity index (χ2n) is 13.2. The van der Waals surface area contributed by atoms with Crippen molar-refractivity contribution in [2.75, 3.05) is 39.6 Å². The molecule has 0 spiro atoms. The highest BCUT2D eigenvalue weighted by atomic mass is 16.6. The molecule has 0 aromatic carbocycles. The highest BCUT2D eigenvalue weighted by Gasteiger charge is 2.32. The molecule has 0 aromatic rings. The molecule has 0 amide bonds. The van der Waals surface area contributed by atoms with Gasteiger partial charge >= 0.3 is 29.8 Å². The minimum absolute atomic E-state index is 0.00130. The number of rotatable bonds is 8. The van der Waals surface area contributed by atoms with Crippen molar-refractivity contribution >= 4 is 29.8 Å². The Balaban J connectivity index is 0.000000651. The number of carbonyl (C=O) groups is 5. The van der Waals surface area contributed by atoms with E-state index in [0.29, 0.717) is 25.2 Å². The molecule has 4 heterocycles. The molecular weight excluding hydrogens is 688 g/mol. The monoisotopic (exact) mass is 748 g/mol. The maximum atomic E-state index is 11.7. The molecule has 0 bridgehead atoms. The van der Waals surface area contributed by atoms with Crippen LogP contribution in [0, 0.1) is 11.8 Å². The highest BCUT2D eigenvalue weighted by molar-refractivity contribution is 5.88. The van der Waals surface area contributed by atoms with Crippen molar-refractivity contribution in [2.45, 2.75) is 116 Å². The van der Waals surface area contributed by atoms with Crippen molar-refractivity contribution in [2.24, 2.45) is 23.3 Å². The van der Waals surface area contributed by atoms with Crippen LogP contribution in [0.15, 0.2) is 24.2 Å². The summed E-state index contributed by atoms with van der Waals surface area (Å²) in [4.78, 5) is 53.5. The molecule has 17 heteroatoms. The van der Waals surface area contributed by atoms with Gasteiger partial charge in [0.1, 0.15) is 24.3 Å². The lowest BCUT2D eigenvalue weighted by molar-refractivity contribution is -0.168. The van der Waals surface area contributed by atoms with E-state index in [1.165, 1.54) is 19.1 Å². The van der Waals surface area contributed by atoms with Gasteiger partial charge in [-0.15, -0.1) is 0 Å². The van der Waals surface area contributed by atoms with Gasteiger partial charge in [-0.1, -0.05) is 0 Å². The molecule has 2 saturated heterocycles. The van der Waals surface area contributed by atoms with Crippen molar-refractivity contribution in [3.8, 4) is 0 Å². The minimum Gasteiger partial charge on any atom is -0.502 e. The van der Waals surface area contributed by atoms with Crippen LogP contribution in [0.25, 0.3) is 0 Å². The van der Waals surface area contributed by atoms with E-state index in [2.05, 4.69) is 0 Å². The quantitative estimate of drug-likeness (QED) is 0.194. The van der Waals surface area contributed by atoms with Crippen LogP contribution in [0.2, 0.25) is 0 Å². The molecule has 0 radical (unpaired) electrons. The van der Waals surface area contributed by atoms with Crippen molar-refractivity contribution in [1.82, 2.24) is 0 Å². The minimum atomic E-state index is -1.20. The maximum absolute atomic E-state index is 11.7. The number of hydrogen-bond acceptors (Lipinski definition) is 14. The first-order valence-electron chi connectivity index (χ1n) is 17.4. The third kappa shape index (κ3) is 22.9. The van der Waals surface area contributed by atoms with Gasteiger partial charge in [0.2, 0.25) is 0 Å². The summed E-state index contributed by atoms with van der Waals surface area (Å²) in [5.74, 6) is -4.15. The summed E-state index contributed by atoms with van der Waals surface area (Å²) in [6.07, 6.45) is 12.3. The van der Waals surface area contributed by atoms with Crippen LogP contribution in [0.3, 0.4) is 0 Å². The Labute approximate surface area is 305 Å². The van der Waals surface area contributed by atoms with E-state index in [1.807, 2.05) is 40.7 Å². The Morgan fingerprint density at radius 2 is 1.38 bits per heavy atom. The summed E-state index contributed by atoms with van der Waals surface area (Å²) in [5.41, 5.74) is 9.95. The zero-order valence-electron chi connectivity index (χ0n) is 31.0. The van der Waals surface area contributed by atoms with Crippen LogP contribution >= 0.6 is 0 Å². The molecule has 0 aliphatic carbocycles. The standard InChI is InChI=1S/C11H20O3.C9H13NO5.C7H12O3.C5H8O.C3H7NO3/c1-8-9(6-5-7-13-8)10(12)14-11(2,3)4;10-7(8(11)12)5-15-9(13)6-2-1-3-14-4-6;1-5-6(7(8)9)3-2-4-10-5;1-2-4-6-5-3-1;4-2(1-5)3(6)7/h8-9H,5-7H2,1-4H3;4,7H,1-3,5,10H2,(H,11,12);5-6H,2-4H2,1H3,(H,8,9);2,4H,1,3,5H2;2,5H,1,4H2,(H,6,7). The molecule has 0 saturated carbocycles. The lowest BCUT2D eigenvalue weighted by Gasteiger charge is -2.30. The van der Waals surface area contributed by atoms with E-state index in [1.54, 1.807) is 6.26 Å². The van der Waals surface area contributed by atoms with E-state index >= 15 is 0 Å². The second-order valence-corrected chi connectivity index (χ2v) is 13.2. The molecular formula is C35H60N2O15. The van der Waals surface area contributed by atoms with E-state index in [4.69, 9.17) is 60.3 Å². The molecule has 0 aromatic heterocycles. The molecule has 4 aliphatic heterocycles.